The molecule has 0 atom stereocenters. The van der Waals surface area contributed by atoms with Crippen molar-refractivity contribution < 1.29 is 4.39 Å². The van der Waals surface area contributed by atoms with Crippen LogP contribution in [0.1, 0.15) is 0 Å². The standard InChI is InChI=1S/C16H19FN6/c1-2-7-18-15-12-19-21-16(20-15)23-10-8-22(9-11-23)14-5-3-13(17)4-6-14/h2-6,12H,1,7-11H2,(H,18,20,21). The summed E-state index contributed by atoms with van der Waals surface area (Å²) in [5.74, 6) is 1.10. The molecule has 23 heavy (non-hydrogen) atoms. The maximum atomic E-state index is 13.0. The molecule has 0 radical (unpaired) electrons. The largest absolute Gasteiger partial charge is 0.368 e. The number of nitrogens with zero attached hydrogens (tertiary/aromatic N) is 5. The Bertz CT molecular complexity index is 652. The van der Waals surface area contributed by atoms with E-state index in [9.17, 15) is 4.39 Å². The van der Waals surface area contributed by atoms with Crippen molar-refractivity contribution in [1.82, 2.24) is 15.2 Å². The minimum Gasteiger partial charge on any atom is -0.368 e. The van der Waals surface area contributed by atoms with Gasteiger partial charge in [0.15, 0.2) is 5.82 Å². The highest BCUT2D eigenvalue weighted by Crippen LogP contribution is 2.19. The van der Waals surface area contributed by atoms with E-state index in [1.165, 1.54) is 12.1 Å². The van der Waals surface area contributed by atoms with Crippen LogP contribution < -0.4 is 15.1 Å². The van der Waals surface area contributed by atoms with Crippen LogP contribution in [0.25, 0.3) is 0 Å². The summed E-state index contributed by atoms with van der Waals surface area (Å²) >= 11 is 0. The van der Waals surface area contributed by atoms with Gasteiger partial charge in [0.05, 0.1) is 6.20 Å². The van der Waals surface area contributed by atoms with Crippen molar-refractivity contribution >= 4 is 17.5 Å². The minimum atomic E-state index is -0.212. The SMILES string of the molecule is C=CCNc1cnnc(N2CCN(c3ccc(F)cc3)CC2)n1. The molecule has 7 heteroatoms. The molecule has 1 N–H and O–H groups in total. The molecule has 120 valence electrons. The van der Waals surface area contributed by atoms with E-state index in [0.29, 0.717) is 18.3 Å². The Morgan fingerprint density at radius 2 is 1.83 bits per heavy atom. The van der Waals surface area contributed by atoms with Crippen LogP contribution in [0, 0.1) is 5.82 Å². The minimum absolute atomic E-state index is 0.212. The summed E-state index contributed by atoms with van der Waals surface area (Å²) in [6.07, 6.45) is 3.37. The normalized spacial score (nSPS) is 14.7. The first-order valence-electron chi connectivity index (χ1n) is 7.56. The third-order valence-corrected chi connectivity index (χ3v) is 3.73. The highest BCUT2D eigenvalue weighted by Gasteiger charge is 2.19. The average Bonchev–Trinajstić information content (AvgIpc) is 2.61. The molecule has 1 saturated heterocycles. The van der Waals surface area contributed by atoms with E-state index in [1.54, 1.807) is 12.3 Å². The van der Waals surface area contributed by atoms with Crippen LogP contribution in [0.15, 0.2) is 43.1 Å². The van der Waals surface area contributed by atoms with Gasteiger partial charge in [-0.15, -0.1) is 11.7 Å². The lowest BCUT2D eigenvalue weighted by Crippen LogP contribution is -2.47. The second-order valence-electron chi connectivity index (χ2n) is 5.26. The van der Waals surface area contributed by atoms with E-state index in [4.69, 9.17) is 0 Å². The van der Waals surface area contributed by atoms with Crippen molar-refractivity contribution in [3.63, 3.8) is 0 Å². The van der Waals surface area contributed by atoms with Crippen LogP contribution >= 0.6 is 0 Å². The number of piperazine rings is 1. The van der Waals surface area contributed by atoms with Crippen LogP contribution in [-0.4, -0.2) is 47.9 Å². The van der Waals surface area contributed by atoms with Crippen LogP contribution in [0.2, 0.25) is 0 Å². The Kier molecular flexibility index (Phi) is 4.65. The average molecular weight is 314 g/mol. The molecule has 0 unspecified atom stereocenters. The fraction of sp³-hybridized carbons (Fsp3) is 0.312. The van der Waals surface area contributed by atoms with Gasteiger partial charge in [-0.05, 0) is 24.3 Å². The van der Waals surface area contributed by atoms with Gasteiger partial charge in [0.2, 0.25) is 5.95 Å². The van der Waals surface area contributed by atoms with Crippen molar-refractivity contribution in [2.45, 2.75) is 0 Å². The lowest BCUT2D eigenvalue weighted by Gasteiger charge is -2.35. The maximum absolute atomic E-state index is 13.0. The third kappa shape index (κ3) is 3.74. The number of anilines is 3. The van der Waals surface area contributed by atoms with Gasteiger partial charge in [-0.25, -0.2) is 4.39 Å². The van der Waals surface area contributed by atoms with Gasteiger partial charge in [-0.1, -0.05) is 6.08 Å². The van der Waals surface area contributed by atoms with Crippen molar-refractivity contribution in [3.05, 3.63) is 48.9 Å². The first kappa shape index (κ1) is 15.2. The summed E-state index contributed by atoms with van der Waals surface area (Å²) in [7, 11) is 0. The van der Waals surface area contributed by atoms with E-state index in [-0.39, 0.29) is 5.82 Å². The van der Waals surface area contributed by atoms with Gasteiger partial charge in [-0.3, -0.25) is 0 Å². The number of aromatic nitrogens is 3. The number of hydrogen-bond donors (Lipinski definition) is 1. The second-order valence-corrected chi connectivity index (χ2v) is 5.26. The Morgan fingerprint density at radius 1 is 1.13 bits per heavy atom. The number of halogens is 1. The van der Waals surface area contributed by atoms with Gasteiger partial charge in [0, 0.05) is 38.4 Å². The van der Waals surface area contributed by atoms with E-state index in [2.05, 4.69) is 36.9 Å². The van der Waals surface area contributed by atoms with Crippen LogP contribution in [0.5, 0.6) is 0 Å². The summed E-state index contributed by atoms with van der Waals surface area (Å²) in [5.41, 5.74) is 1.03. The molecule has 1 aliphatic rings. The molecule has 1 fully saturated rings. The van der Waals surface area contributed by atoms with Gasteiger partial charge in [-0.2, -0.15) is 10.1 Å². The Balaban J connectivity index is 1.62. The first-order chi connectivity index (χ1) is 11.3. The first-order valence-corrected chi connectivity index (χ1v) is 7.56. The third-order valence-electron chi connectivity index (χ3n) is 3.73. The number of rotatable bonds is 5. The quantitative estimate of drug-likeness (QED) is 0.851. The zero-order chi connectivity index (χ0) is 16.1. The zero-order valence-electron chi connectivity index (χ0n) is 12.8. The van der Waals surface area contributed by atoms with E-state index >= 15 is 0 Å². The van der Waals surface area contributed by atoms with E-state index < -0.39 is 0 Å². The smallest absolute Gasteiger partial charge is 0.247 e. The molecule has 0 spiro atoms. The molecule has 0 saturated carbocycles. The van der Waals surface area contributed by atoms with Gasteiger partial charge < -0.3 is 15.1 Å². The predicted molar refractivity (Wildman–Crippen MR) is 89.3 cm³/mol. The molecule has 1 aliphatic heterocycles. The molecular formula is C16H19FN6. The number of nitrogens with one attached hydrogen (secondary N) is 1. The lowest BCUT2D eigenvalue weighted by atomic mass is 10.2. The highest BCUT2D eigenvalue weighted by atomic mass is 19.1. The van der Waals surface area contributed by atoms with Crippen molar-refractivity contribution in [2.75, 3.05) is 47.8 Å². The molecule has 2 heterocycles. The molecule has 3 rings (SSSR count). The summed E-state index contributed by atoms with van der Waals surface area (Å²) in [4.78, 5) is 8.80. The van der Waals surface area contributed by atoms with Gasteiger partial charge in [0.25, 0.3) is 0 Å². The van der Waals surface area contributed by atoms with Gasteiger partial charge >= 0.3 is 0 Å². The summed E-state index contributed by atoms with van der Waals surface area (Å²) in [6, 6.07) is 6.60. The molecule has 1 aromatic carbocycles. The maximum Gasteiger partial charge on any atom is 0.247 e. The van der Waals surface area contributed by atoms with Crippen molar-refractivity contribution in [2.24, 2.45) is 0 Å². The van der Waals surface area contributed by atoms with Crippen LogP contribution in [0.4, 0.5) is 21.8 Å². The second kappa shape index (κ2) is 7.04. The molecule has 1 aromatic heterocycles. The fourth-order valence-corrected chi connectivity index (χ4v) is 2.51. The molecule has 2 aromatic rings. The Morgan fingerprint density at radius 3 is 2.52 bits per heavy atom. The highest BCUT2D eigenvalue weighted by molar-refractivity contribution is 5.49. The van der Waals surface area contributed by atoms with Crippen molar-refractivity contribution in [1.29, 1.82) is 0 Å². The summed E-state index contributed by atoms with van der Waals surface area (Å²) < 4.78 is 13.0. The fourth-order valence-electron chi connectivity index (χ4n) is 2.51. The monoisotopic (exact) mass is 314 g/mol. The topological polar surface area (TPSA) is 57.2 Å². The van der Waals surface area contributed by atoms with Gasteiger partial charge in [0.1, 0.15) is 5.82 Å². The molecule has 6 nitrogen and oxygen atoms in total. The van der Waals surface area contributed by atoms with Crippen LogP contribution in [0.3, 0.4) is 0 Å². The van der Waals surface area contributed by atoms with Crippen molar-refractivity contribution in [3.8, 4) is 0 Å². The molecular weight excluding hydrogens is 295 g/mol. The van der Waals surface area contributed by atoms with Crippen LogP contribution in [-0.2, 0) is 0 Å². The number of benzene rings is 1. The lowest BCUT2D eigenvalue weighted by molar-refractivity contribution is 0.622. The van der Waals surface area contributed by atoms with E-state index in [1.807, 2.05) is 12.1 Å². The number of hydrogen-bond acceptors (Lipinski definition) is 6. The Labute approximate surface area is 134 Å². The summed E-state index contributed by atoms with van der Waals surface area (Å²) in [6.45, 7) is 7.56. The molecule has 0 bridgehead atoms. The molecule has 0 aliphatic carbocycles. The van der Waals surface area contributed by atoms with E-state index in [0.717, 1.165) is 31.9 Å². The Hall–Kier alpha value is -2.70. The predicted octanol–water partition coefficient (Wildman–Crippen LogP) is 1.94. The molecule has 0 amide bonds. The zero-order valence-corrected chi connectivity index (χ0v) is 12.8. The summed E-state index contributed by atoms with van der Waals surface area (Å²) in [5, 5.41) is 11.2.